The van der Waals surface area contributed by atoms with Crippen molar-refractivity contribution >= 4 is 9.84 Å². The second kappa shape index (κ2) is 6.42. The molecular formula is C11H15F3N2O3S. The minimum absolute atomic E-state index is 0.162. The van der Waals surface area contributed by atoms with Crippen LogP contribution in [0, 0.1) is 0 Å². The first-order chi connectivity index (χ1) is 9.09. The maximum Gasteiger partial charge on any atom is 0.573 e. The lowest BCUT2D eigenvalue weighted by molar-refractivity contribution is -0.274. The number of hydrogen-bond acceptors (Lipinski definition) is 5. The Labute approximate surface area is 114 Å². The fraction of sp³-hybridized carbons (Fsp3) is 0.455. The van der Waals surface area contributed by atoms with E-state index in [2.05, 4.69) is 10.2 Å². The van der Waals surface area contributed by atoms with Crippen LogP contribution in [-0.4, -0.2) is 32.8 Å². The summed E-state index contributed by atoms with van der Waals surface area (Å²) in [4.78, 5) is 0. The SMILES string of the molecule is CS(=O)(=O)CC(Cc1ccc(OC(F)(F)F)cc1)NN. The van der Waals surface area contributed by atoms with Crippen LogP contribution in [0.15, 0.2) is 24.3 Å². The summed E-state index contributed by atoms with van der Waals surface area (Å²) >= 11 is 0. The van der Waals surface area contributed by atoms with E-state index >= 15 is 0 Å². The molecule has 1 unspecified atom stereocenters. The molecule has 0 spiro atoms. The monoisotopic (exact) mass is 312 g/mol. The zero-order valence-corrected chi connectivity index (χ0v) is 11.5. The van der Waals surface area contributed by atoms with Crippen LogP contribution in [0.5, 0.6) is 5.75 Å². The van der Waals surface area contributed by atoms with Gasteiger partial charge >= 0.3 is 6.36 Å². The Morgan fingerprint density at radius 1 is 1.30 bits per heavy atom. The van der Waals surface area contributed by atoms with Gasteiger partial charge in [-0.15, -0.1) is 13.2 Å². The topological polar surface area (TPSA) is 81.4 Å². The smallest absolute Gasteiger partial charge is 0.406 e. The highest BCUT2D eigenvalue weighted by molar-refractivity contribution is 7.90. The van der Waals surface area contributed by atoms with E-state index in [4.69, 9.17) is 5.84 Å². The lowest BCUT2D eigenvalue weighted by atomic mass is 10.1. The van der Waals surface area contributed by atoms with E-state index in [9.17, 15) is 21.6 Å². The molecule has 0 aliphatic rings. The quantitative estimate of drug-likeness (QED) is 0.605. The highest BCUT2D eigenvalue weighted by Crippen LogP contribution is 2.23. The molecular weight excluding hydrogens is 297 g/mol. The standard InChI is InChI=1S/C11H15F3N2O3S/c1-20(17,18)7-9(16-15)6-8-2-4-10(5-3-8)19-11(12,13)14/h2-5,9,16H,6-7,15H2,1H3. The van der Waals surface area contributed by atoms with Crippen LogP contribution >= 0.6 is 0 Å². The summed E-state index contributed by atoms with van der Waals surface area (Å²) in [7, 11) is -3.20. The van der Waals surface area contributed by atoms with Gasteiger partial charge in [0.05, 0.1) is 5.75 Å². The lowest BCUT2D eigenvalue weighted by Crippen LogP contribution is -2.41. The molecule has 0 aliphatic heterocycles. The van der Waals surface area contributed by atoms with Gasteiger partial charge in [-0.05, 0) is 24.1 Å². The van der Waals surface area contributed by atoms with Crippen molar-refractivity contribution in [1.82, 2.24) is 5.43 Å². The van der Waals surface area contributed by atoms with Crippen molar-refractivity contribution in [3.8, 4) is 5.75 Å². The summed E-state index contributed by atoms with van der Waals surface area (Å²) in [6.45, 7) is 0. The molecule has 0 amide bonds. The molecule has 0 aliphatic carbocycles. The van der Waals surface area contributed by atoms with Gasteiger partial charge in [0, 0.05) is 12.3 Å². The Morgan fingerprint density at radius 3 is 2.25 bits per heavy atom. The zero-order chi connectivity index (χ0) is 15.4. The van der Waals surface area contributed by atoms with Gasteiger partial charge in [0.15, 0.2) is 0 Å². The fourth-order valence-corrected chi connectivity index (χ4v) is 2.59. The molecule has 1 atom stereocenters. The van der Waals surface area contributed by atoms with Gasteiger partial charge in [-0.3, -0.25) is 11.3 Å². The van der Waals surface area contributed by atoms with Crippen molar-refractivity contribution in [2.24, 2.45) is 5.84 Å². The highest BCUT2D eigenvalue weighted by Gasteiger charge is 2.30. The molecule has 5 nitrogen and oxygen atoms in total. The number of nitrogens with one attached hydrogen (secondary N) is 1. The van der Waals surface area contributed by atoms with E-state index < -0.39 is 22.2 Å². The Kier molecular flexibility index (Phi) is 5.37. The summed E-state index contributed by atoms with van der Waals surface area (Å²) < 4.78 is 62.0. The van der Waals surface area contributed by atoms with Gasteiger partial charge in [0.1, 0.15) is 15.6 Å². The third-order valence-electron chi connectivity index (χ3n) is 2.38. The van der Waals surface area contributed by atoms with Crippen molar-refractivity contribution in [1.29, 1.82) is 0 Å². The molecule has 9 heteroatoms. The van der Waals surface area contributed by atoms with Crippen molar-refractivity contribution in [3.63, 3.8) is 0 Å². The summed E-state index contributed by atoms with van der Waals surface area (Å²) in [5, 5.41) is 0. The predicted octanol–water partition coefficient (Wildman–Crippen LogP) is 1.00. The minimum Gasteiger partial charge on any atom is -0.406 e. The van der Waals surface area contributed by atoms with Gasteiger partial charge < -0.3 is 4.74 Å². The van der Waals surface area contributed by atoms with Crippen molar-refractivity contribution in [2.75, 3.05) is 12.0 Å². The summed E-state index contributed by atoms with van der Waals surface area (Å²) in [6.07, 6.45) is -3.38. The average molecular weight is 312 g/mol. The number of rotatable bonds is 6. The first-order valence-corrected chi connectivity index (χ1v) is 7.63. The lowest BCUT2D eigenvalue weighted by Gasteiger charge is -2.15. The van der Waals surface area contributed by atoms with Crippen molar-refractivity contribution < 1.29 is 26.3 Å². The molecule has 0 heterocycles. The molecule has 1 aromatic rings. The Balaban J connectivity index is 2.69. The molecule has 0 fully saturated rings. The van der Waals surface area contributed by atoms with E-state index in [1.165, 1.54) is 12.1 Å². The van der Waals surface area contributed by atoms with E-state index in [1.54, 1.807) is 0 Å². The molecule has 0 bridgehead atoms. The number of benzene rings is 1. The maximum absolute atomic E-state index is 12.0. The average Bonchev–Trinajstić information content (AvgIpc) is 2.27. The molecule has 0 radical (unpaired) electrons. The third kappa shape index (κ3) is 6.73. The third-order valence-corrected chi connectivity index (χ3v) is 3.39. The number of sulfone groups is 1. The Morgan fingerprint density at radius 2 is 1.85 bits per heavy atom. The molecule has 0 saturated carbocycles. The second-order valence-electron chi connectivity index (χ2n) is 4.35. The first kappa shape index (κ1) is 16.7. The Bertz CT molecular complexity index is 529. The van der Waals surface area contributed by atoms with E-state index in [0.717, 1.165) is 18.4 Å². The van der Waals surface area contributed by atoms with E-state index in [-0.39, 0.29) is 17.9 Å². The van der Waals surface area contributed by atoms with Gasteiger partial charge in [-0.1, -0.05) is 12.1 Å². The number of nitrogens with two attached hydrogens (primary N) is 1. The van der Waals surface area contributed by atoms with Crippen LogP contribution in [0.1, 0.15) is 5.56 Å². The number of hydrogen-bond donors (Lipinski definition) is 2. The molecule has 114 valence electrons. The first-order valence-electron chi connectivity index (χ1n) is 5.57. The molecule has 1 aromatic carbocycles. The predicted molar refractivity (Wildman–Crippen MR) is 67.7 cm³/mol. The number of hydrazine groups is 1. The van der Waals surface area contributed by atoms with Crippen molar-refractivity contribution in [3.05, 3.63) is 29.8 Å². The summed E-state index contributed by atoms with van der Waals surface area (Å²) in [5.74, 6) is 4.76. The fourth-order valence-electron chi connectivity index (χ4n) is 1.64. The highest BCUT2D eigenvalue weighted by atomic mass is 32.2. The Hall–Kier alpha value is -1.32. The molecule has 20 heavy (non-hydrogen) atoms. The number of halogens is 3. The van der Waals surface area contributed by atoms with Crippen LogP contribution in [0.4, 0.5) is 13.2 Å². The largest absolute Gasteiger partial charge is 0.573 e. The second-order valence-corrected chi connectivity index (χ2v) is 6.54. The van der Waals surface area contributed by atoms with Gasteiger partial charge in [0.2, 0.25) is 0 Å². The zero-order valence-electron chi connectivity index (χ0n) is 10.6. The van der Waals surface area contributed by atoms with Crippen molar-refractivity contribution in [2.45, 2.75) is 18.8 Å². The van der Waals surface area contributed by atoms with Crippen LogP contribution in [0.2, 0.25) is 0 Å². The molecule has 1 rings (SSSR count). The van der Waals surface area contributed by atoms with Gasteiger partial charge in [-0.25, -0.2) is 8.42 Å². The molecule has 0 aromatic heterocycles. The van der Waals surface area contributed by atoms with E-state index in [1.807, 2.05) is 0 Å². The number of ether oxygens (including phenoxy) is 1. The van der Waals surface area contributed by atoms with Gasteiger partial charge in [-0.2, -0.15) is 0 Å². The minimum atomic E-state index is -4.74. The van der Waals surface area contributed by atoms with Crippen LogP contribution < -0.4 is 16.0 Å². The number of alkyl halides is 3. The molecule has 3 N–H and O–H groups in total. The van der Waals surface area contributed by atoms with Crippen LogP contribution in [-0.2, 0) is 16.3 Å². The van der Waals surface area contributed by atoms with Gasteiger partial charge in [0.25, 0.3) is 0 Å². The normalized spacial score (nSPS) is 14.1. The molecule has 0 saturated heterocycles. The van der Waals surface area contributed by atoms with Crippen LogP contribution in [0.3, 0.4) is 0 Å². The summed E-state index contributed by atoms with van der Waals surface area (Å²) in [5.41, 5.74) is 3.01. The summed E-state index contributed by atoms with van der Waals surface area (Å²) in [6, 6.07) is 4.66. The van der Waals surface area contributed by atoms with Crippen LogP contribution in [0.25, 0.3) is 0 Å². The van der Waals surface area contributed by atoms with E-state index in [0.29, 0.717) is 5.56 Å². The maximum atomic E-state index is 12.0.